The molecule has 1 aliphatic heterocycles. The maximum atomic E-state index is 12.0. The Kier molecular flexibility index (Phi) is 4.89. The maximum absolute atomic E-state index is 12.0. The Labute approximate surface area is 124 Å². The topological polar surface area (TPSA) is 20.3 Å². The summed E-state index contributed by atoms with van der Waals surface area (Å²) in [6.45, 7) is 3.89. The quantitative estimate of drug-likeness (QED) is 0.747. The van der Waals surface area contributed by atoms with E-state index in [4.69, 9.17) is 23.2 Å². The summed E-state index contributed by atoms with van der Waals surface area (Å²) in [6, 6.07) is 5.33. The van der Waals surface area contributed by atoms with Crippen molar-refractivity contribution in [3.8, 4) is 0 Å². The highest BCUT2D eigenvalue weighted by molar-refractivity contribution is 6.42. The van der Waals surface area contributed by atoms with E-state index in [1.165, 1.54) is 6.42 Å². The number of nitrogens with zero attached hydrogens (tertiary/aromatic N) is 1. The summed E-state index contributed by atoms with van der Waals surface area (Å²) >= 11 is 11.8. The van der Waals surface area contributed by atoms with Crippen molar-refractivity contribution in [2.24, 2.45) is 5.92 Å². The van der Waals surface area contributed by atoms with Crippen LogP contribution in [-0.4, -0.2) is 23.9 Å². The minimum atomic E-state index is 0.0672. The van der Waals surface area contributed by atoms with Crippen LogP contribution in [0.3, 0.4) is 0 Å². The van der Waals surface area contributed by atoms with E-state index in [2.05, 4.69) is 6.92 Å². The number of carbonyl (C=O) groups excluding carboxylic acids is 1. The van der Waals surface area contributed by atoms with Crippen LogP contribution >= 0.6 is 23.2 Å². The van der Waals surface area contributed by atoms with Gasteiger partial charge in [0, 0.05) is 19.2 Å². The van der Waals surface area contributed by atoms with E-state index in [-0.39, 0.29) is 5.91 Å². The predicted octanol–water partition coefficient (Wildman–Crippen LogP) is 4.27. The molecule has 1 aromatic rings. The molecule has 1 amide bonds. The second-order valence-electron chi connectivity index (χ2n) is 5.04. The van der Waals surface area contributed by atoms with Crippen molar-refractivity contribution in [3.05, 3.63) is 39.9 Å². The van der Waals surface area contributed by atoms with Gasteiger partial charge in [-0.3, -0.25) is 4.79 Å². The molecule has 0 bridgehead atoms. The summed E-state index contributed by atoms with van der Waals surface area (Å²) in [5.74, 6) is 0.661. The first-order valence-corrected chi connectivity index (χ1v) is 7.24. The molecule has 0 radical (unpaired) electrons. The molecule has 1 aliphatic rings. The molecule has 1 unspecified atom stereocenters. The zero-order valence-corrected chi connectivity index (χ0v) is 12.4. The summed E-state index contributed by atoms with van der Waals surface area (Å²) < 4.78 is 0. The van der Waals surface area contributed by atoms with Gasteiger partial charge in [-0.05, 0) is 42.5 Å². The van der Waals surface area contributed by atoms with E-state index in [9.17, 15) is 4.79 Å². The number of carbonyl (C=O) groups is 1. The van der Waals surface area contributed by atoms with Crippen molar-refractivity contribution >= 4 is 35.2 Å². The van der Waals surface area contributed by atoms with E-state index in [0.29, 0.717) is 16.0 Å². The maximum Gasteiger partial charge on any atom is 0.246 e. The Bertz CT molecular complexity index is 499. The van der Waals surface area contributed by atoms with Gasteiger partial charge in [-0.2, -0.15) is 0 Å². The molecule has 2 nitrogen and oxygen atoms in total. The summed E-state index contributed by atoms with van der Waals surface area (Å²) in [5.41, 5.74) is 0.882. The first-order valence-electron chi connectivity index (χ1n) is 6.48. The van der Waals surface area contributed by atoms with Gasteiger partial charge in [0.05, 0.1) is 10.0 Å². The summed E-state index contributed by atoms with van der Waals surface area (Å²) in [7, 11) is 0. The van der Waals surface area contributed by atoms with Gasteiger partial charge in [0.2, 0.25) is 5.91 Å². The van der Waals surface area contributed by atoms with Gasteiger partial charge >= 0.3 is 0 Å². The fourth-order valence-corrected chi connectivity index (χ4v) is 2.59. The van der Waals surface area contributed by atoms with Crippen molar-refractivity contribution in [3.63, 3.8) is 0 Å². The minimum absolute atomic E-state index is 0.0672. The van der Waals surface area contributed by atoms with Crippen LogP contribution in [-0.2, 0) is 4.79 Å². The van der Waals surface area contributed by atoms with Crippen LogP contribution in [0.25, 0.3) is 6.08 Å². The summed E-state index contributed by atoms with van der Waals surface area (Å²) in [4.78, 5) is 14.0. The lowest BCUT2D eigenvalue weighted by atomic mass is 10.0. The lowest BCUT2D eigenvalue weighted by Gasteiger charge is -2.30. The van der Waals surface area contributed by atoms with Crippen molar-refractivity contribution in [2.45, 2.75) is 19.8 Å². The zero-order valence-electron chi connectivity index (χ0n) is 10.9. The molecule has 1 saturated heterocycles. The molecule has 0 N–H and O–H groups in total. The van der Waals surface area contributed by atoms with Crippen LogP contribution in [0.2, 0.25) is 10.0 Å². The molecular formula is C15H17Cl2NO. The van der Waals surface area contributed by atoms with Crippen LogP contribution in [0.15, 0.2) is 24.3 Å². The van der Waals surface area contributed by atoms with E-state index in [1.807, 2.05) is 11.0 Å². The van der Waals surface area contributed by atoms with E-state index in [0.717, 1.165) is 25.1 Å². The standard InChI is InChI=1S/C15H17Cl2NO/c1-11-3-2-8-18(10-11)15(19)7-5-12-4-6-13(16)14(17)9-12/h4-7,9,11H,2-3,8,10H2,1H3. The van der Waals surface area contributed by atoms with Crippen molar-refractivity contribution in [1.82, 2.24) is 4.90 Å². The molecule has 1 fully saturated rings. The van der Waals surface area contributed by atoms with Crippen molar-refractivity contribution in [1.29, 1.82) is 0 Å². The van der Waals surface area contributed by atoms with Gasteiger partial charge in [0.15, 0.2) is 0 Å². The molecule has 0 saturated carbocycles. The third kappa shape index (κ3) is 3.99. The average molecular weight is 298 g/mol. The number of rotatable bonds is 2. The van der Waals surface area contributed by atoms with Gasteiger partial charge in [0.25, 0.3) is 0 Å². The number of hydrogen-bond acceptors (Lipinski definition) is 1. The average Bonchev–Trinajstić information content (AvgIpc) is 2.40. The molecular weight excluding hydrogens is 281 g/mol. The lowest BCUT2D eigenvalue weighted by molar-refractivity contribution is -0.127. The molecule has 4 heteroatoms. The van der Waals surface area contributed by atoms with Crippen LogP contribution in [0.4, 0.5) is 0 Å². The molecule has 19 heavy (non-hydrogen) atoms. The monoisotopic (exact) mass is 297 g/mol. The van der Waals surface area contributed by atoms with Crippen LogP contribution in [0.5, 0.6) is 0 Å². The van der Waals surface area contributed by atoms with Gasteiger partial charge in [-0.25, -0.2) is 0 Å². The lowest BCUT2D eigenvalue weighted by Crippen LogP contribution is -2.38. The third-order valence-corrected chi connectivity index (χ3v) is 4.07. The highest BCUT2D eigenvalue weighted by atomic mass is 35.5. The van der Waals surface area contributed by atoms with E-state index < -0.39 is 0 Å². The molecule has 1 aromatic carbocycles. The molecule has 0 aliphatic carbocycles. The molecule has 0 aromatic heterocycles. The van der Waals surface area contributed by atoms with E-state index >= 15 is 0 Å². The first-order chi connectivity index (χ1) is 9.06. The highest BCUT2D eigenvalue weighted by Crippen LogP contribution is 2.23. The zero-order chi connectivity index (χ0) is 13.8. The normalized spacial score (nSPS) is 19.9. The van der Waals surface area contributed by atoms with Gasteiger partial charge < -0.3 is 4.90 Å². The summed E-state index contributed by atoms with van der Waals surface area (Å²) in [5, 5.41) is 1.03. The van der Waals surface area contributed by atoms with E-state index in [1.54, 1.807) is 24.3 Å². The first kappa shape index (κ1) is 14.4. The number of amides is 1. The number of halogens is 2. The second kappa shape index (κ2) is 6.44. The second-order valence-corrected chi connectivity index (χ2v) is 5.85. The van der Waals surface area contributed by atoms with Crippen molar-refractivity contribution < 1.29 is 4.79 Å². The molecule has 1 heterocycles. The van der Waals surface area contributed by atoms with Crippen molar-refractivity contribution in [2.75, 3.05) is 13.1 Å². The molecule has 0 spiro atoms. The summed E-state index contributed by atoms with van der Waals surface area (Å²) in [6.07, 6.45) is 5.69. The van der Waals surface area contributed by atoms with Crippen LogP contribution < -0.4 is 0 Å². The SMILES string of the molecule is CC1CCCN(C(=O)C=Cc2ccc(Cl)c(Cl)c2)C1. The van der Waals surface area contributed by atoms with Gasteiger partial charge in [-0.15, -0.1) is 0 Å². The third-order valence-electron chi connectivity index (χ3n) is 3.33. The van der Waals surface area contributed by atoms with Crippen LogP contribution in [0, 0.1) is 5.92 Å². The fourth-order valence-electron chi connectivity index (χ4n) is 2.28. The predicted molar refractivity (Wildman–Crippen MR) is 80.5 cm³/mol. The Morgan fingerprint density at radius 2 is 2.16 bits per heavy atom. The Morgan fingerprint density at radius 1 is 1.37 bits per heavy atom. The van der Waals surface area contributed by atoms with Gasteiger partial charge in [0.1, 0.15) is 0 Å². The smallest absolute Gasteiger partial charge is 0.246 e. The largest absolute Gasteiger partial charge is 0.339 e. The molecule has 102 valence electrons. The minimum Gasteiger partial charge on any atom is -0.339 e. The highest BCUT2D eigenvalue weighted by Gasteiger charge is 2.18. The molecule has 2 rings (SSSR count). The fraction of sp³-hybridized carbons (Fsp3) is 0.400. The number of likely N-dealkylation sites (tertiary alicyclic amines) is 1. The molecule has 1 atom stereocenters. The Hall–Kier alpha value is -0.990. The number of hydrogen-bond donors (Lipinski definition) is 0. The number of benzene rings is 1. The number of piperidine rings is 1. The Balaban J connectivity index is 2.01. The Morgan fingerprint density at radius 3 is 2.84 bits per heavy atom. The van der Waals surface area contributed by atoms with Crippen LogP contribution in [0.1, 0.15) is 25.3 Å². The van der Waals surface area contributed by atoms with Gasteiger partial charge in [-0.1, -0.05) is 36.2 Å².